The number of hydrogen-bond donors (Lipinski definition) is 1. The van der Waals surface area contributed by atoms with Crippen LogP contribution < -0.4 is 0 Å². The molecule has 16 heavy (non-hydrogen) atoms. The minimum Gasteiger partial charge on any atom is -0.388 e. The van der Waals surface area contributed by atoms with Gasteiger partial charge in [0.05, 0.1) is 11.6 Å². The van der Waals surface area contributed by atoms with Crippen LogP contribution in [-0.4, -0.2) is 29.2 Å². The highest BCUT2D eigenvalue weighted by Gasteiger charge is 2.45. The molecule has 0 unspecified atom stereocenters. The van der Waals surface area contributed by atoms with Crippen LogP contribution in [-0.2, 0) is 6.42 Å². The van der Waals surface area contributed by atoms with Gasteiger partial charge in [0.15, 0.2) is 0 Å². The molecule has 1 N–H and O–H groups in total. The summed E-state index contributed by atoms with van der Waals surface area (Å²) >= 11 is 0. The van der Waals surface area contributed by atoms with Crippen molar-refractivity contribution < 1.29 is 5.11 Å². The first-order chi connectivity index (χ1) is 7.71. The quantitative estimate of drug-likeness (QED) is 0.719. The van der Waals surface area contributed by atoms with Crippen LogP contribution >= 0.6 is 0 Å². The van der Waals surface area contributed by atoms with E-state index in [4.69, 9.17) is 0 Å². The van der Waals surface area contributed by atoms with Crippen LogP contribution in [0.1, 0.15) is 36.4 Å². The van der Waals surface area contributed by atoms with Crippen LogP contribution in [0.25, 0.3) is 0 Å². The molecule has 2 nitrogen and oxygen atoms in total. The number of rotatable bonds is 0. The zero-order chi connectivity index (χ0) is 11.2. The largest absolute Gasteiger partial charge is 0.388 e. The van der Waals surface area contributed by atoms with Crippen LogP contribution in [0.2, 0.25) is 0 Å². The highest BCUT2D eigenvalue weighted by atomic mass is 16.3. The lowest BCUT2D eigenvalue weighted by Gasteiger charge is -2.49. The normalized spacial score (nSPS) is 34.2. The Hall–Kier alpha value is -0.860. The van der Waals surface area contributed by atoms with E-state index in [9.17, 15) is 5.11 Å². The molecule has 0 saturated carbocycles. The molecule has 86 valence electrons. The van der Waals surface area contributed by atoms with Gasteiger partial charge in [0.25, 0.3) is 0 Å². The number of aliphatic hydroxyl groups is 1. The van der Waals surface area contributed by atoms with Gasteiger partial charge in [0.1, 0.15) is 0 Å². The summed E-state index contributed by atoms with van der Waals surface area (Å²) in [6.07, 6.45) is 4.01. The number of aryl methyl sites for hydroxylation is 1. The van der Waals surface area contributed by atoms with Crippen molar-refractivity contribution in [3.63, 3.8) is 0 Å². The Kier molecular flexibility index (Phi) is 2.30. The molecule has 1 aromatic rings. The molecule has 1 heterocycles. The van der Waals surface area contributed by atoms with Gasteiger partial charge >= 0.3 is 0 Å². The van der Waals surface area contributed by atoms with Gasteiger partial charge in [-0.3, -0.25) is 4.90 Å². The predicted octanol–water partition coefficient (Wildman–Crippen LogP) is 2.13. The van der Waals surface area contributed by atoms with Crippen molar-refractivity contribution in [3.05, 3.63) is 35.4 Å². The van der Waals surface area contributed by atoms with E-state index in [0.29, 0.717) is 0 Å². The second kappa shape index (κ2) is 3.57. The summed E-state index contributed by atoms with van der Waals surface area (Å²) < 4.78 is 0. The summed E-state index contributed by atoms with van der Waals surface area (Å²) in [7, 11) is 2.14. The fraction of sp³-hybridized carbons (Fsp3) is 0.571. The first-order valence-corrected chi connectivity index (χ1v) is 6.21. The van der Waals surface area contributed by atoms with Crippen LogP contribution in [0, 0.1) is 0 Å². The molecular formula is C14H19NO. The second-order valence-electron chi connectivity index (χ2n) is 5.29. The van der Waals surface area contributed by atoms with E-state index < -0.39 is 5.60 Å². The monoisotopic (exact) mass is 217 g/mol. The van der Waals surface area contributed by atoms with E-state index in [1.807, 2.05) is 0 Å². The lowest BCUT2D eigenvalue weighted by Crippen LogP contribution is -2.51. The summed E-state index contributed by atoms with van der Waals surface area (Å²) in [5.41, 5.74) is 2.28. The van der Waals surface area contributed by atoms with Crippen molar-refractivity contribution >= 4 is 0 Å². The molecule has 3 rings (SSSR count). The molecule has 0 aromatic heterocycles. The van der Waals surface area contributed by atoms with Gasteiger partial charge in [-0.2, -0.15) is 0 Å². The van der Waals surface area contributed by atoms with Crippen molar-refractivity contribution in [1.82, 2.24) is 4.90 Å². The Labute approximate surface area is 96.9 Å². The SMILES string of the molecule is CN1CCC[C@@]2(O)CCc3ccccc3[C@H]12. The van der Waals surface area contributed by atoms with E-state index in [1.54, 1.807) is 0 Å². The fourth-order valence-electron chi connectivity index (χ4n) is 3.48. The summed E-state index contributed by atoms with van der Waals surface area (Å²) in [4.78, 5) is 2.32. The van der Waals surface area contributed by atoms with Gasteiger partial charge in [-0.05, 0) is 50.4 Å². The molecule has 1 aliphatic carbocycles. The zero-order valence-corrected chi connectivity index (χ0v) is 9.82. The van der Waals surface area contributed by atoms with Crippen molar-refractivity contribution in [1.29, 1.82) is 0 Å². The van der Waals surface area contributed by atoms with E-state index in [-0.39, 0.29) is 6.04 Å². The number of piperidine rings is 1. The highest BCUT2D eigenvalue weighted by Crippen LogP contribution is 2.45. The second-order valence-corrected chi connectivity index (χ2v) is 5.29. The van der Waals surface area contributed by atoms with Crippen molar-refractivity contribution in [2.75, 3.05) is 13.6 Å². The van der Waals surface area contributed by atoms with Gasteiger partial charge in [-0.15, -0.1) is 0 Å². The van der Waals surface area contributed by atoms with Gasteiger partial charge in [-0.1, -0.05) is 24.3 Å². The summed E-state index contributed by atoms with van der Waals surface area (Å²) in [6, 6.07) is 8.80. The Morgan fingerprint density at radius 1 is 1.31 bits per heavy atom. The fourth-order valence-corrected chi connectivity index (χ4v) is 3.48. The summed E-state index contributed by atoms with van der Waals surface area (Å²) in [5, 5.41) is 10.8. The van der Waals surface area contributed by atoms with Crippen molar-refractivity contribution in [2.24, 2.45) is 0 Å². The van der Waals surface area contributed by atoms with Gasteiger partial charge in [0.2, 0.25) is 0 Å². The Balaban J connectivity index is 2.08. The third-order valence-corrected chi connectivity index (χ3v) is 4.25. The number of nitrogens with zero attached hydrogens (tertiary/aromatic N) is 1. The topological polar surface area (TPSA) is 23.5 Å². The zero-order valence-electron chi connectivity index (χ0n) is 9.82. The minimum absolute atomic E-state index is 0.214. The average Bonchev–Trinajstić information content (AvgIpc) is 2.28. The highest BCUT2D eigenvalue weighted by molar-refractivity contribution is 5.35. The molecule has 1 saturated heterocycles. The lowest BCUT2D eigenvalue weighted by molar-refractivity contribution is -0.0856. The molecular weight excluding hydrogens is 198 g/mol. The molecule has 1 aliphatic heterocycles. The lowest BCUT2D eigenvalue weighted by atomic mass is 9.71. The van der Waals surface area contributed by atoms with E-state index >= 15 is 0 Å². The number of likely N-dealkylation sites (tertiary alicyclic amines) is 1. The maximum absolute atomic E-state index is 10.8. The van der Waals surface area contributed by atoms with E-state index in [0.717, 1.165) is 32.2 Å². The molecule has 1 aromatic carbocycles. The van der Waals surface area contributed by atoms with Crippen LogP contribution in [0.4, 0.5) is 0 Å². The summed E-state index contributed by atoms with van der Waals surface area (Å²) in [6.45, 7) is 1.10. The molecule has 2 heteroatoms. The molecule has 2 atom stereocenters. The standard InChI is InChI=1S/C14H19NO/c1-15-10-4-8-14(16)9-7-11-5-2-3-6-12(11)13(14)15/h2-3,5-6,13,16H,4,7-10H2,1H3/t13-,14+/m0/s1. The van der Waals surface area contributed by atoms with Crippen molar-refractivity contribution in [2.45, 2.75) is 37.3 Å². The third kappa shape index (κ3) is 1.40. The average molecular weight is 217 g/mol. The molecule has 2 aliphatic rings. The van der Waals surface area contributed by atoms with Crippen LogP contribution in [0.15, 0.2) is 24.3 Å². The number of likely N-dealkylation sites (N-methyl/N-ethyl adjacent to an activating group) is 1. The Bertz CT molecular complexity index is 403. The van der Waals surface area contributed by atoms with Gasteiger partial charge in [-0.25, -0.2) is 0 Å². The van der Waals surface area contributed by atoms with E-state index in [1.165, 1.54) is 11.1 Å². The molecule has 0 spiro atoms. The Morgan fingerprint density at radius 2 is 2.12 bits per heavy atom. The van der Waals surface area contributed by atoms with Crippen LogP contribution in [0.3, 0.4) is 0 Å². The minimum atomic E-state index is -0.485. The van der Waals surface area contributed by atoms with Gasteiger partial charge in [0, 0.05) is 0 Å². The number of fused-ring (bicyclic) bond motifs is 3. The predicted molar refractivity (Wildman–Crippen MR) is 64.3 cm³/mol. The van der Waals surface area contributed by atoms with E-state index in [2.05, 4.69) is 36.2 Å². The molecule has 0 amide bonds. The maximum atomic E-state index is 10.8. The third-order valence-electron chi connectivity index (χ3n) is 4.25. The smallest absolute Gasteiger partial charge is 0.0847 e. The molecule has 1 fully saturated rings. The van der Waals surface area contributed by atoms with Crippen LogP contribution in [0.5, 0.6) is 0 Å². The first kappa shape index (κ1) is 10.3. The number of hydrogen-bond acceptors (Lipinski definition) is 2. The maximum Gasteiger partial charge on any atom is 0.0847 e. The van der Waals surface area contributed by atoms with Crippen molar-refractivity contribution in [3.8, 4) is 0 Å². The molecule has 0 radical (unpaired) electrons. The van der Waals surface area contributed by atoms with Gasteiger partial charge < -0.3 is 5.11 Å². The summed E-state index contributed by atoms with van der Waals surface area (Å²) in [5.74, 6) is 0. The Morgan fingerprint density at radius 3 is 3.00 bits per heavy atom. The first-order valence-electron chi connectivity index (χ1n) is 6.21. The molecule has 0 bridgehead atoms. The number of benzene rings is 1.